The van der Waals surface area contributed by atoms with Crippen LogP contribution in [0.3, 0.4) is 0 Å². The second kappa shape index (κ2) is 8.27. The number of carbonyl (C=O) groups excluding carboxylic acids is 2. The van der Waals surface area contributed by atoms with E-state index in [9.17, 15) is 9.59 Å². The largest absolute Gasteiger partial charge is 0.495 e. The number of anilines is 1. The average Bonchev–Trinajstić information content (AvgIpc) is 2.93. The predicted molar refractivity (Wildman–Crippen MR) is 104 cm³/mol. The number of rotatable bonds is 7. The number of nitrogens with zero attached hydrogens (tertiary/aromatic N) is 2. The summed E-state index contributed by atoms with van der Waals surface area (Å²) in [6.45, 7) is 6.02. The minimum atomic E-state index is -0.349. The van der Waals surface area contributed by atoms with Crippen LogP contribution in [0.2, 0.25) is 5.02 Å². The number of carbonyl (C=O) groups is 2. The summed E-state index contributed by atoms with van der Waals surface area (Å²) in [5.74, 6) is 0.0595. The molecule has 1 N–H and O–H groups in total. The van der Waals surface area contributed by atoms with E-state index in [0.717, 1.165) is 6.54 Å². The van der Waals surface area contributed by atoms with Crippen molar-refractivity contribution in [3.63, 3.8) is 0 Å². The molecule has 2 amide bonds. The molecule has 0 radical (unpaired) electrons. The van der Waals surface area contributed by atoms with Crippen LogP contribution in [-0.4, -0.2) is 57.6 Å². The van der Waals surface area contributed by atoms with Crippen molar-refractivity contribution in [2.75, 3.05) is 45.7 Å². The predicted octanol–water partition coefficient (Wildman–Crippen LogP) is 2.41. The molecule has 1 aromatic rings. The van der Waals surface area contributed by atoms with Gasteiger partial charge < -0.3 is 19.9 Å². The van der Waals surface area contributed by atoms with Crippen molar-refractivity contribution in [2.45, 2.75) is 20.3 Å². The van der Waals surface area contributed by atoms with Gasteiger partial charge in [-0.3, -0.25) is 9.59 Å². The number of hydrogen-bond donors (Lipinski definition) is 1. The molecule has 1 aliphatic rings. The van der Waals surface area contributed by atoms with Crippen LogP contribution in [0.5, 0.6) is 5.75 Å². The summed E-state index contributed by atoms with van der Waals surface area (Å²) in [7, 11) is 5.56. The zero-order valence-corrected chi connectivity index (χ0v) is 16.9. The second-order valence-electron chi connectivity index (χ2n) is 7.84. The molecule has 1 heterocycles. The fourth-order valence-electron chi connectivity index (χ4n) is 3.34. The van der Waals surface area contributed by atoms with Crippen LogP contribution in [0.1, 0.15) is 20.3 Å². The van der Waals surface area contributed by atoms with Crippen molar-refractivity contribution < 1.29 is 14.3 Å². The molecular weight excluding hydrogens is 354 g/mol. The molecule has 1 atom stereocenters. The van der Waals surface area contributed by atoms with Gasteiger partial charge in [-0.1, -0.05) is 25.4 Å². The molecule has 7 heteroatoms. The number of benzene rings is 1. The number of methoxy groups -OCH3 is 1. The summed E-state index contributed by atoms with van der Waals surface area (Å²) >= 11 is 6.15. The number of hydrogen-bond acceptors (Lipinski definition) is 4. The van der Waals surface area contributed by atoms with E-state index < -0.39 is 0 Å². The van der Waals surface area contributed by atoms with Gasteiger partial charge in [0.2, 0.25) is 11.8 Å². The third-order valence-electron chi connectivity index (χ3n) is 4.43. The Bertz CT molecular complexity index is 676. The average molecular weight is 382 g/mol. The molecule has 0 aromatic heterocycles. The standard InChI is InChI=1S/C19H28ClN3O3/c1-19(2,12-22(3)4)11-21-18(25)13-8-17(24)23(10-13)14-6-7-16(26-5)15(20)9-14/h6-7,9,13H,8,10-12H2,1-5H3,(H,21,25). The molecule has 26 heavy (non-hydrogen) atoms. The van der Waals surface area contributed by atoms with E-state index in [2.05, 4.69) is 24.1 Å². The maximum Gasteiger partial charge on any atom is 0.227 e. The Morgan fingerprint density at radius 3 is 2.69 bits per heavy atom. The topological polar surface area (TPSA) is 61.9 Å². The van der Waals surface area contributed by atoms with Crippen LogP contribution >= 0.6 is 11.6 Å². The first-order valence-electron chi connectivity index (χ1n) is 8.69. The zero-order chi connectivity index (χ0) is 19.5. The first-order chi connectivity index (χ1) is 12.1. The number of ether oxygens (including phenoxy) is 1. The van der Waals surface area contributed by atoms with Gasteiger partial charge in [0.25, 0.3) is 0 Å². The van der Waals surface area contributed by atoms with E-state index in [4.69, 9.17) is 16.3 Å². The van der Waals surface area contributed by atoms with Gasteiger partial charge >= 0.3 is 0 Å². The van der Waals surface area contributed by atoms with E-state index >= 15 is 0 Å². The van der Waals surface area contributed by atoms with Crippen molar-refractivity contribution in [3.8, 4) is 5.75 Å². The molecule has 1 unspecified atom stereocenters. The highest BCUT2D eigenvalue weighted by Gasteiger charge is 2.35. The number of halogens is 1. The van der Waals surface area contributed by atoms with Crippen molar-refractivity contribution in [2.24, 2.45) is 11.3 Å². The van der Waals surface area contributed by atoms with Gasteiger partial charge in [-0.15, -0.1) is 0 Å². The lowest BCUT2D eigenvalue weighted by molar-refractivity contribution is -0.126. The van der Waals surface area contributed by atoms with Crippen molar-refractivity contribution >= 4 is 29.1 Å². The molecular formula is C19H28ClN3O3. The SMILES string of the molecule is COc1ccc(N2CC(C(=O)NCC(C)(C)CN(C)C)CC2=O)cc1Cl. The van der Waals surface area contributed by atoms with E-state index in [-0.39, 0.29) is 29.6 Å². The fraction of sp³-hybridized carbons (Fsp3) is 0.579. The zero-order valence-electron chi connectivity index (χ0n) is 16.1. The maximum absolute atomic E-state index is 12.5. The van der Waals surface area contributed by atoms with Crippen LogP contribution in [-0.2, 0) is 9.59 Å². The Morgan fingerprint density at radius 1 is 1.42 bits per heavy atom. The van der Waals surface area contributed by atoms with Crippen molar-refractivity contribution in [1.82, 2.24) is 10.2 Å². The van der Waals surface area contributed by atoms with E-state index in [0.29, 0.717) is 29.5 Å². The van der Waals surface area contributed by atoms with Gasteiger partial charge in [0, 0.05) is 31.7 Å². The van der Waals surface area contributed by atoms with Gasteiger partial charge in [-0.05, 0) is 37.7 Å². The molecule has 1 fully saturated rings. The fourth-order valence-corrected chi connectivity index (χ4v) is 3.59. The molecule has 0 spiro atoms. The van der Waals surface area contributed by atoms with Crippen LogP contribution in [0.25, 0.3) is 0 Å². The highest BCUT2D eigenvalue weighted by Crippen LogP contribution is 2.32. The van der Waals surface area contributed by atoms with Crippen LogP contribution in [0, 0.1) is 11.3 Å². The summed E-state index contributed by atoms with van der Waals surface area (Å²) in [6, 6.07) is 5.20. The van der Waals surface area contributed by atoms with Gasteiger partial charge in [-0.25, -0.2) is 0 Å². The number of nitrogens with one attached hydrogen (secondary N) is 1. The molecule has 0 saturated carbocycles. The molecule has 144 valence electrons. The van der Waals surface area contributed by atoms with Gasteiger partial charge in [0.1, 0.15) is 5.75 Å². The summed E-state index contributed by atoms with van der Waals surface area (Å²) in [5, 5.41) is 3.44. The number of amides is 2. The van der Waals surface area contributed by atoms with Crippen molar-refractivity contribution in [1.29, 1.82) is 0 Å². The van der Waals surface area contributed by atoms with E-state index in [1.807, 2.05) is 14.1 Å². The normalized spacial score (nSPS) is 17.7. The van der Waals surface area contributed by atoms with Gasteiger partial charge in [0.05, 0.1) is 18.1 Å². The Labute approximate surface area is 160 Å². The third-order valence-corrected chi connectivity index (χ3v) is 4.72. The lowest BCUT2D eigenvalue weighted by Crippen LogP contribution is -2.42. The minimum Gasteiger partial charge on any atom is -0.495 e. The quantitative estimate of drug-likeness (QED) is 0.787. The van der Waals surface area contributed by atoms with E-state index in [1.165, 1.54) is 0 Å². The highest BCUT2D eigenvalue weighted by molar-refractivity contribution is 6.32. The van der Waals surface area contributed by atoms with Gasteiger partial charge in [-0.2, -0.15) is 0 Å². The van der Waals surface area contributed by atoms with Gasteiger partial charge in [0.15, 0.2) is 0 Å². The third kappa shape index (κ3) is 5.11. The monoisotopic (exact) mass is 381 g/mol. The molecule has 1 aromatic carbocycles. The highest BCUT2D eigenvalue weighted by atomic mass is 35.5. The van der Waals surface area contributed by atoms with E-state index in [1.54, 1.807) is 30.2 Å². The second-order valence-corrected chi connectivity index (χ2v) is 8.25. The molecule has 2 rings (SSSR count). The van der Waals surface area contributed by atoms with Crippen LogP contribution < -0.4 is 15.0 Å². The minimum absolute atomic E-state index is 0.0367. The Hall–Kier alpha value is -1.79. The first-order valence-corrected chi connectivity index (χ1v) is 9.07. The Kier molecular flexibility index (Phi) is 6.53. The molecule has 0 aliphatic carbocycles. The smallest absolute Gasteiger partial charge is 0.227 e. The molecule has 6 nitrogen and oxygen atoms in total. The molecule has 1 saturated heterocycles. The summed E-state index contributed by atoms with van der Waals surface area (Å²) < 4.78 is 5.14. The lowest BCUT2D eigenvalue weighted by Gasteiger charge is -2.29. The lowest BCUT2D eigenvalue weighted by atomic mass is 9.92. The molecule has 1 aliphatic heterocycles. The Morgan fingerprint density at radius 2 is 2.12 bits per heavy atom. The summed E-state index contributed by atoms with van der Waals surface area (Å²) in [6.07, 6.45) is 0.212. The van der Waals surface area contributed by atoms with Crippen LogP contribution in [0.15, 0.2) is 18.2 Å². The Balaban J connectivity index is 1.98. The van der Waals surface area contributed by atoms with Crippen LogP contribution in [0.4, 0.5) is 5.69 Å². The maximum atomic E-state index is 12.5. The first kappa shape index (κ1) is 20.5. The summed E-state index contributed by atoms with van der Waals surface area (Å²) in [4.78, 5) is 28.6. The molecule has 0 bridgehead atoms. The van der Waals surface area contributed by atoms with Crippen molar-refractivity contribution in [3.05, 3.63) is 23.2 Å². The summed E-state index contributed by atoms with van der Waals surface area (Å²) in [5.41, 5.74) is 0.648.